The molecule has 0 aromatic heterocycles. The quantitative estimate of drug-likeness (QED) is 0.492. The lowest BCUT2D eigenvalue weighted by Gasteiger charge is -2.07. The summed E-state index contributed by atoms with van der Waals surface area (Å²) in [4.78, 5) is 0. The van der Waals surface area contributed by atoms with Gasteiger partial charge in [0.2, 0.25) is 0 Å². The van der Waals surface area contributed by atoms with Crippen LogP contribution in [0.15, 0.2) is 48.5 Å². The highest BCUT2D eigenvalue weighted by atomic mass is 14.6. The van der Waals surface area contributed by atoms with Crippen LogP contribution in [0.5, 0.6) is 0 Å². The molecule has 4 nitrogen and oxygen atoms in total. The molecule has 0 aliphatic carbocycles. The van der Waals surface area contributed by atoms with E-state index in [1.807, 2.05) is 48.5 Å². The van der Waals surface area contributed by atoms with Gasteiger partial charge in [0, 0.05) is 0 Å². The van der Waals surface area contributed by atoms with E-state index in [0.717, 1.165) is 22.1 Å². The smallest absolute Gasteiger partial charge is 0.335 e. The lowest BCUT2D eigenvalue weighted by molar-refractivity contribution is 1.60. The Kier molecular flexibility index (Phi) is 3.84. The Bertz CT molecular complexity index is 459. The number of rotatable bonds is 3. The van der Waals surface area contributed by atoms with E-state index < -0.39 is 14.0 Å². The molecule has 0 spiro atoms. The van der Waals surface area contributed by atoms with Crippen molar-refractivity contribution in [2.75, 3.05) is 0 Å². The summed E-state index contributed by atoms with van der Waals surface area (Å²) in [6.45, 7) is -0.867. The van der Waals surface area contributed by atoms with E-state index in [9.17, 15) is 0 Å². The first kappa shape index (κ1) is 12.9. The van der Waals surface area contributed by atoms with Gasteiger partial charge >= 0.3 is 14.0 Å². The Morgan fingerprint density at radius 3 is 1.00 bits per heavy atom. The summed E-state index contributed by atoms with van der Waals surface area (Å²) in [6.07, 6.45) is 0. The zero-order valence-corrected chi connectivity index (χ0v) is 10.1. The van der Waals surface area contributed by atoms with Crippen molar-refractivity contribution in [1.82, 2.24) is 0 Å². The van der Waals surface area contributed by atoms with Gasteiger partial charge in [-0.25, -0.2) is 0 Å². The molecule has 0 atom stereocenters. The SMILES string of the molecule is NB(N)c1ccc(-c2ccc(B(N)N)cc2)cc1. The molecule has 0 heterocycles. The van der Waals surface area contributed by atoms with Gasteiger partial charge in [0.15, 0.2) is 0 Å². The molecule has 0 radical (unpaired) electrons. The van der Waals surface area contributed by atoms with Gasteiger partial charge in [-0.05, 0) is 22.1 Å². The molecule has 0 fully saturated rings. The molecule has 0 bridgehead atoms. The minimum atomic E-state index is -0.434. The third kappa shape index (κ3) is 2.80. The highest BCUT2D eigenvalue weighted by Gasteiger charge is 2.07. The zero-order chi connectivity index (χ0) is 13.1. The summed E-state index contributed by atoms with van der Waals surface area (Å²) in [6, 6.07) is 15.7. The zero-order valence-electron chi connectivity index (χ0n) is 10.1. The molecule has 90 valence electrons. The van der Waals surface area contributed by atoms with Crippen molar-refractivity contribution in [3.63, 3.8) is 0 Å². The highest BCUT2D eigenvalue weighted by Crippen LogP contribution is 2.16. The second-order valence-corrected chi connectivity index (χ2v) is 4.30. The van der Waals surface area contributed by atoms with Crippen LogP contribution in [-0.2, 0) is 0 Å². The highest BCUT2D eigenvalue weighted by molar-refractivity contribution is 6.67. The lowest BCUT2D eigenvalue weighted by atomic mass is 9.71. The third-order valence-corrected chi connectivity index (χ3v) is 2.92. The predicted molar refractivity (Wildman–Crippen MR) is 79.4 cm³/mol. The lowest BCUT2D eigenvalue weighted by Crippen LogP contribution is -2.48. The Hall–Kier alpha value is -1.59. The molecule has 0 aliphatic heterocycles. The van der Waals surface area contributed by atoms with Crippen LogP contribution in [0.2, 0.25) is 0 Å². The summed E-state index contributed by atoms with van der Waals surface area (Å²) >= 11 is 0. The Morgan fingerprint density at radius 1 is 0.500 bits per heavy atom. The molecule has 2 aromatic carbocycles. The minimum absolute atomic E-state index is 0.434. The minimum Gasteiger partial charge on any atom is -0.352 e. The van der Waals surface area contributed by atoms with E-state index in [-0.39, 0.29) is 0 Å². The fourth-order valence-corrected chi connectivity index (χ4v) is 1.80. The number of hydrogen-bond donors (Lipinski definition) is 4. The van der Waals surface area contributed by atoms with E-state index in [4.69, 9.17) is 22.6 Å². The second kappa shape index (κ2) is 5.37. The van der Waals surface area contributed by atoms with Crippen LogP contribution in [0, 0.1) is 0 Å². The largest absolute Gasteiger partial charge is 0.352 e. The van der Waals surface area contributed by atoms with Crippen LogP contribution in [0.1, 0.15) is 0 Å². The monoisotopic (exact) mass is 238 g/mol. The molecule has 6 heteroatoms. The Labute approximate surface area is 108 Å². The van der Waals surface area contributed by atoms with Crippen molar-refractivity contribution in [2.24, 2.45) is 22.6 Å². The van der Waals surface area contributed by atoms with E-state index in [0.29, 0.717) is 0 Å². The molecule has 0 unspecified atom stereocenters. The molecule has 8 N–H and O–H groups in total. The molecule has 2 aromatic rings. The number of benzene rings is 2. The number of hydrogen-bond acceptors (Lipinski definition) is 4. The van der Waals surface area contributed by atoms with Gasteiger partial charge < -0.3 is 22.6 Å². The number of nitrogens with two attached hydrogens (primary N) is 4. The van der Waals surface area contributed by atoms with E-state index in [1.54, 1.807) is 0 Å². The van der Waals surface area contributed by atoms with Crippen LogP contribution in [-0.4, -0.2) is 14.0 Å². The topological polar surface area (TPSA) is 104 Å². The van der Waals surface area contributed by atoms with Crippen molar-refractivity contribution in [3.05, 3.63) is 48.5 Å². The maximum atomic E-state index is 5.61. The molecular weight excluding hydrogens is 222 g/mol. The van der Waals surface area contributed by atoms with Gasteiger partial charge in [-0.15, -0.1) is 0 Å². The van der Waals surface area contributed by atoms with Crippen LogP contribution in [0.25, 0.3) is 11.1 Å². The van der Waals surface area contributed by atoms with Crippen LogP contribution >= 0.6 is 0 Å². The van der Waals surface area contributed by atoms with Gasteiger partial charge in [-0.2, -0.15) is 0 Å². The second-order valence-electron chi connectivity index (χ2n) is 4.30. The van der Waals surface area contributed by atoms with Crippen molar-refractivity contribution < 1.29 is 0 Å². The maximum absolute atomic E-state index is 5.61. The van der Waals surface area contributed by atoms with Gasteiger partial charge in [0.1, 0.15) is 0 Å². The average Bonchev–Trinajstić information content (AvgIpc) is 2.39. The average molecular weight is 238 g/mol. The first-order valence-corrected chi connectivity index (χ1v) is 5.80. The van der Waals surface area contributed by atoms with Gasteiger partial charge in [0.25, 0.3) is 0 Å². The van der Waals surface area contributed by atoms with Gasteiger partial charge in [-0.1, -0.05) is 48.5 Å². The van der Waals surface area contributed by atoms with Crippen LogP contribution < -0.4 is 33.5 Å². The van der Waals surface area contributed by atoms with Crippen molar-refractivity contribution in [2.45, 2.75) is 0 Å². The van der Waals surface area contributed by atoms with Crippen LogP contribution in [0.3, 0.4) is 0 Å². The predicted octanol–water partition coefficient (Wildman–Crippen LogP) is -1.42. The van der Waals surface area contributed by atoms with Crippen molar-refractivity contribution in [1.29, 1.82) is 0 Å². The Morgan fingerprint density at radius 2 is 0.778 bits per heavy atom. The van der Waals surface area contributed by atoms with E-state index >= 15 is 0 Å². The molecule has 0 saturated heterocycles. The molecule has 0 amide bonds. The molecule has 0 saturated carbocycles. The normalized spacial score (nSPS) is 10.2. The van der Waals surface area contributed by atoms with Crippen molar-refractivity contribution >= 4 is 24.9 Å². The van der Waals surface area contributed by atoms with E-state index in [1.165, 1.54) is 0 Å². The molecule has 0 aliphatic rings. The first-order valence-electron chi connectivity index (χ1n) is 5.80. The summed E-state index contributed by atoms with van der Waals surface area (Å²) in [5.74, 6) is 0. The van der Waals surface area contributed by atoms with Gasteiger partial charge in [0.05, 0.1) is 0 Å². The fourth-order valence-electron chi connectivity index (χ4n) is 1.80. The molecule has 18 heavy (non-hydrogen) atoms. The molecular formula is C12H16B2N4. The van der Waals surface area contributed by atoms with Crippen LogP contribution in [0.4, 0.5) is 0 Å². The summed E-state index contributed by atoms with van der Waals surface area (Å²) in [7, 11) is 0. The van der Waals surface area contributed by atoms with Gasteiger partial charge in [-0.3, -0.25) is 0 Å². The first-order chi connectivity index (χ1) is 8.58. The van der Waals surface area contributed by atoms with E-state index in [2.05, 4.69) is 0 Å². The van der Waals surface area contributed by atoms with Crippen molar-refractivity contribution in [3.8, 4) is 11.1 Å². The standard InChI is InChI=1S/C12H16B2N4/c15-13(16)11-5-1-9(2-6-11)10-3-7-12(8-4-10)14(17)18/h1-8H,15-18H2. The summed E-state index contributed by atoms with van der Waals surface area (Å²) in [5, 5.41) is 0. The Balaban J connectivity index is 2.25. The maximum Gasteiger partial charge on any atom is 0.335 e. The summed E-state index contributed by atoms with van der Waals surface area (Å²) < 4.78 is 0. The summed E-state index contributed by atoms with van der Waals surface area (Å²) in [5.41, 5.74) is 26.5. The molecule has 2 rings (SSSR count). The third-order valence-electron chi connectivity index (χ3n) is 2.92. The fraction of sp³-hybridized carbons (Fsp3) is 0.